The number of aromatic nitrogens is 1. The number of fused-ring (bicyclic) bond motifs is 1. The summed E-state index contributed by atoms with van der Waals surface area (Å²) in [6, 6.07) is 11.6. The third-order valence-electron chi connectivity index (χ3n) is 6.55. The molecule has 2 aromatic heterocycles. The standard InChI is InChI=1S/C27H29N3O3S/c1-27(2)15-20-23(26(30-10-12-33-13-11-30)34-24(20)22(31)16-27)19-8-9-29-21(14-19)17-4-6-18(7-5-17)25(32)28-3/h4-9,14H,10-13,15-16H2,1-3H3,(H,28,32). The van der Waals surface area contributed by atoms with Crippen molar-refractivity contribution in [1.82, 2.24) is 10.3 Å². The number of Topliss-reactive ketones (excluding diaryl/α,β-unsaturated/α-hetero) is 1. The molecule has 0 spiro atoms. The van der Waals surface area contributed by atoms with Crippen LogP contribution in [0.3, 0.4) is 0 Å². The minimum absolute atomic E-state index is 0.0618. The van der Waals surface area contributed by atoms with Gasteiger partial charge in [0.05, 0.1) is 28.8 Å². The lowest BCUT2D eigenvalue weighted by atomic mass is 9.75. The number of rotatable bonds is 4. The highest BCUT2D eigenvalue weighted by atomic mass is 32.1. The Labute approximate surface area is 204 Å². The molecule has 1 aromatic carbocycles. The number of hydrogen-bond acceptors (Lipinski definition) is 6. The summed E-state index contributed by atoms with van der Waals surface area (Å²) >= 11 is 1.64. The van der Waals surface area contributed by atoms with Crippen molar-refractivity contribution < 1.29 is 14.3 Å². The molecule has 1 amide bonds. The first kappa shape index (κ1) is 22.7. The molecule has 2 aliphatic rings. The van der Waals surface area contributed by atoms with E-state index in [0.29, 0.717) is 25.2 Å². The van der Waals surface area contributed by atoms with E-state index in [1.165, 1.54) is 5.56 Å². The zero-order chi connectivity index (χ0) is 23.9. The van der Waals surface area contributed by atoms with Crippen molar-refractivity contribution in [3.63, 3.8) is 0 Å². The Bertz CT molecular complexity index is 1240. The lowest BCUT2D eigenvalue weighted by molar-refractivity contribution is 0.0916. The van der Waals surface area contributed by atoms with Crippen LogP contribution >= 0.6 is 11.3 Å². The highest BCUT2D eigenvalue weighted by Gasteiger charge is 2.37. The first-order chi connectivity index (χ1) is 16.4. The number of anilines is 1. The maximum absolute atomic E-state index is 13.1. The second-order valence-electron chi connectivity index (χ2n) is 9.72. The zero-order valence-corrected chi connectivity index (χ0v) is 20.6. The van der Waals surface area contributed by atoms with Gasteiger partial charge in [-0.15, -0.1) is 11.3 Å². The van der Waals surface area contributed by atoms with Crippen molar-refractivity contribution in [2.45, 2.75) is 26.7 Å². The Morgan fingerprint density at radius 2 is 1.82 bits per heavy atom. The van der Waals surface area contributed by atoms with Crippen LogP contribution in [0.1, 0.15) is 45.9 Å². The smallest absolute Gasteiger partial charge is 0.251 e. The molecule has 5 rings (SSSR count). The molecule has 1 N–H and O–H groups in total. The molecule has 0 atom stereocenters. The van der Waals surface area contributed by atoms with E-state index < -0.39 is 0 Å². The van der Waals surface area contributed by atoms with Crippen LogP contribution in [0.4, 0.5) is 5.00 Å². The lowest BCUT2D eigenvalue weighted by Gasteiger charge is -2.30. The van der Waals surface area contributed by atoms with Crippen molar-refractivity contribution >= 4 is 28.0 Å². The fraction of sp³-hybridized carbons (Fsp3) is 0.370. The fourth-order valence-corrected chi connectivity index (χ4v) is 6.20. The van der Waals surface area contributed by atoms with Crippen molar-refractivity contribution in [2.24, 2.45) is 5.41 Å². The number of thiophene rings is 1. The molecule has 34 heavy (non-hydrogen) atoms. The normalized spacial score (nSPS) is 17.4. The number of benzene rings is 1. The maximum Gasteiger partial charge on any atom is 0.251 e. The number of carbonyl (C=O) groups is 2. The van der Waals surface area contributed by atoms with E-state index in [2.05, 4.69) is 35.1 Å². The Hall–Kier alpha value is -3.03. The molecule has 0 radical (unpaired) electrons. The average molecular weight is 476 g/mol. The Morgan fingerprint density at radius 3 is 2.53 bits per heavy atom. The van der Waals surface area contributed by atoms with E-state index in [-0.39, 0.29) is 17.1 Å². The summed E-state index contributed by atoms with van der Waals surface area (Å²) in [7, 11) is 1.63. The fourth-order valence-electron chi connectivity index (χ4n) is 4.87. The van der Waals surface area contributed by atoms with Gasteiger partial charge in [0.2, 0.25) is 0 Å². The van der Waals surface area contributed by atoms with Gasteiger partial charge in [-0.2, -0.15) is 0 Å². The van der Waals surface area contributed by atoms with Gasteiger partial charge in [-0.25, -0.2) is 0 Å². The number of ketones is 1. The van der Waals surface area contributed by atoms with Crippen molar-refractivity contribution in [2.75, 3.05) is 38.3 Å². The number of nitrogens with zero attached hydrogens (tertiary/aromatic N) is 2. The van der Waals surface area contributed by atoms with Crippen molar-refractivity contribution in [3.8, 4) is 22.4 Å². The molecule has 7 heteroatoms. The number of carbonyl (C=O) groups excluding carboxylic acids is 2. The molecule has 1 fully saturated rings. The number of ether oxygens (including phenoxy) is 1. The van der Waals surface area contributed by atoms with Crippen LogP contribution in [0.25, 0.3) is 22.4 Å². The van der Waals surface area contributed by atoms with Crippen LogP contribution in [0.2, 0.25) is 0 Å². The zero-order valence-electron chi connectivity index (χ0n) is 19.8. The Morgan fingerprint density at radius 1 is 1.09 bits per heavy atom. The molecule has 0 bridgehead atoms. The van der Waals surface area contributed by atoms with Gasteiger partial charge in [-0.1, -0.05) is 26.0 Å². The van der Waals surface area contributed by atoms with Gasteiger partial charge in [0.15, 0.2) is 5.78 Å². The van der Waals surface area contributed by atoms with Crippen LogP contribution in [0.15, 0.2) is 42.6 Å². The second-order valence-corrected chi connectivity index (χ2v) is 10.7. The summed E-state index contributed by atoms with van der Waals surface area (Å²) in [4.78, 5) is 32.9. The van der Waals surface area contributed by atoms with Gasteiger partial charge in [-0.3, -0.25) is 14.6 Å². The van der Waals surface area contributed by atoms with E-state index in [1.54, 1.807) is 18.4 Å². The molecule has 1 aliphatic carbocycles. The molecule has 0 saturated carbocycles. The molecular weight excluding hydrogens is 446 g/mol. The summed E-state index contributed by atoms with van der Waals surface area (Å²) in [5.74, 6) is 0.136. The number of hydrogen-bond donors (Lipinski definition) is 1. The second kappa shape index (κ2) is 8.96. The molecule has 1 aliphatic heterocycles. The molecular formula is C27H29N3O3S. The predicted octanol–water partition coefficient (Wildman–Crippen LogP) is 4.83. The van der Waals surface area contributed by atoms with E-state index in [4.69, 9.17) is 4.74 Å². The Kier molecular flexibility index (Phi) is 6.00. The summed E-state index contributed by atoms with van der Waals surface area (Å²) in [6.45, 7) is 7.39. The van der Waals surface area contributed by atoms with Crippen LogP contribution in [0.5, 0.6) is 0 Å². The largest absolute Gasteiger partial charge is 0.378 e. The van der Waals surface area contributed by atoms with Crippen LogP contribution in [-0.2, 0) is 11.2 Å². The highest BCUT2D eigenvalue weighted by Crippen LogP contribution is 2.49. The van der Waals surface area contributed by atoms with Gasteiger partial charge in [-0.05, 0) is 47.2 Å². The van der Waals surface area contributed by atoms with Gasteiger partial charge < -0.3 is 15.0 Å². The summed E-state index contributed by atoms with van der Waals surface area (Å²) in [5.41, 5.74) is 5.74. The maximum atomic E-state index is 13.1. The molecule has 0 unspecified atom stereocenters. The minimum atomic E-state index is -0.111. The topological polar surface area (TPSA) is 71.5 Å². The molecule has 3 aromatic rings. The first-order valence-electron chi connectivity index (χ1n) is 11.7. The number of nitrogens with one attached hydrogen (secondary N) is 1. The summed E-state index contributed by atoms with van der Waals surface area (Å²) in [5, 5.41) is 3.81. The van der Waals surface area contributed by atoms with E-state index in [1.807, 2.05) is 36.5 Å². The van der Waals surface area contributed by atoms with E-state index in [9.17, 15) is 9.59 Å². The van der Waals surface area contributed by atoms with Gasteiger partial charge >= 0.3 is 0 Å². The van der Waals surface area contributed by atoms with E-state index >= 15 is 0 Å². The first-order valence-corrected chi connectivity index (χ1v) is 12.5. The summed E-state index contributed by atoms with van der Waals surface area (Å²) < 4.78 is 5.59. The van der Waals surface area contributed by atoms with Gasteiger partial charge in [0.1, 0.15) is 0 Å². The van der Waals surface area contributed by atoms with Crippen LogP contribution in [-0.4, -0.2) is 50.0 Å². The van der Waals surface area contributed by atoms with Gasteiger partial charge in [0, 0.05) is 49.4 Å². The molecule has 1 saturated heterocycles. The van der Waals surface area contributed by atoms with Crippen molar-refractivity contribution in [1.29, 1.82) is 0 Å². The average Bonchev–Trinajstić information content (AvgIpc) is 3.23. The lowest BCUT2D eigenvalue weighted by Crippen LogP contribution is -2.36. The third kappa shape index (κ3) is 4.26. The predicted molar refractivity (Wildman–Crippen MR) is 136 cm³/mol. The number of pyridine rings is 1. The summed E-state index contributed by atoms with van der Waals surface area (Å²) in [6.07, 6.45) is 3.30. The van der Waals surface area contributed by atoms with E-state index in [0.717, 1.165) is 51.8 Å². The number of morpholine rings is 1. The van der Waals surface area contributed by atoms with Crippen molar-refractivity contribution in [3.05, 3.63) is 58.6 Å². The highest BCUT2D eigenvalue weighted by molar-refractivity contribution is 7.19. The monoisotopic (exact) mass is 475 g/mol. The minimum Gasteiger partial charge on any atom is -0.378 e. The molecule has 6 nitrogen and oxygen atoms in total. The van der Waals surface area contributed by atoms with Crippen LogP contribution < -0.4 is 10.2 Å². The van der Waals surface area contributed by atoms with Crippen LogP contribution in [0, 0.1) is 5.41 Å². The molecule has 3 heterocycles. The molecule has 176 valence electrons. The quantitative estimate of drug-likeness (QED) is 0.585. The SMILES string of the molecule is CNC(=O)c1ccc(-c2cc(-c3c(N4CCOCC4)sc4c3CC(C)(C)CC4=O)ccn2)cc1. The Balaban J connectivity index is 1.61. The van der Waals surface area contributed by atoms with Gasteiger partial charge in [0.25, 0.3) is 5.91 Å². The third-order valence-corrected chi connectivity index (χ3v) is 7.89. The number of amides is 1.